The monoisotopic (exact) mass is 1210 g/mol. The molecule has 2 aliphatic rings. The highest BCUT2D eigenvalue weighted by Crippen LogP contribution is 2.61. The molecule has 2 saturated heterocycles. The van der Waals surface area contributed by atoms with Gasteiger partial charge in [-0.3, -0.25) is 67.5 Å². The number of aromatic nitrogens is 2. The summed E-state index contributed by atoms with van der Waals surface area (Å²) in [6.07, 6.45) is -18.4. The van der Waals surface area contributed by atoms with E-state index in [0.717, 1.165) is 33.0 Å². The van der Waals surface area contributed by atoms with Gasteiger partial charge in [-0.25, -0.2) is 18.7 Å². The Morgan fingerprint density at radius 1 is 0.827 bits per heavy atom. The van der Waals surface area contributed by atoms with E-state index in [0.29, 0.717) is 4.57 Å². The van der Waals surface area contributed by atoms with Gasteiger partial charge in [0.15, 0.2) is 18.3 Å². The van der Waals surface area contributed by atoms with Crippen molar-refractivity contribution >= 4 is 68.9 Å². The summed E-state index contributed by atoms with van der Waals surface area (Å²) in [6.45, 7) is 2.67. The van der Waals surface area contributed by atoms with E-state index >= 15 is 0 Å². The first-order valence-electron chi connectivity index (χ1n) is 24.3. The van der Waals surface area contributed by atoms with Crippen molar-refractivity contribution in [2.24, 2.45) is 15.7 Å². The second-order valence-corrected chi connectivity index (χ2v) is 21.3. The Kier molecular flexibility index (Phi) is 26.4. The molecule has 1 aromatic heterocycles. The molecule has 2 unspecified atom stereocenters. The van der Waals surface area contributed by atoms with Gasteiger partial charge in [-0.1, -0.05) is 0 Å². The molecule has 458 valence electrons. The van der Waals surface area contributed by atoms with Gasteiger partial charge in [0.25, 0.3) is 5.56 Å². The number of aliphatic imine (C=N–C) groups is 2. The Morgan fingerprint density at radius 2 is 1.47 bits per heavy atom. The molecule has 16 N–H and O–H groups in total. The maximum atomic E-state index is 13.4. The number of rotatable bonds is 33. The van der Waals surface area contributed by atoms with Gasteiger partial charge in [-0.2, -0.15) is 4.31 Å². The van der Waals surface area contributed by atoms with Gasteiger partial charge in [0.2, 0.25) is 17.7 Å². The van der Waals surface area contributed by atoms with Crippen LogP contribution in [0.4, 0.5) is 0 Å². The van der Waals surface area contributed by atoms with Crippen molar-refractivity contribution in [2.75, 3.05) is 19.8 Å². The number of hydrogen-bond acceptors (Lipinski definition) is 27. The van der Waals surface area contributed by atoms with Crippen molar-refractivity contribution in [3.05, 3.63) is 33.1 Å². The third-order valence-corrected chi connectivity index (χ3v) is 14.5. The molecule has 0 radical (unpaired) electrons. The molecular weight excluding hydrogens is 1140 g/mol. The standard InChI is InChI=1S/C42H67N9O28P2/c1-16(24(54)13-44-18(3)38(63)64)45-36(62)22(8-6-7-21(43)39(65)66)48-27(55)10-9-23(40(67)68)49-34(60)17(2)46-35(61)19(4)75-33-29(47-20(5)53)41(77-25(14-52)31(33)58)78-81(72,73)79-80(70,71)74-15-26-30(57)32(59)37(76-26)51-12-11-28(56)50-42(51)69/h11-12,16-19,21-23,25-26,29-33,37,41,44,52,57-59H,6-10,13-15,43H2,1-5H3,(H,45,62)(H,46,61)(H,47,53)(H,48,55)(H,49,60)(H,63,64)(H,65,66)(H,67,68)(H,70,71)(H,72,73)(H,50,56,69)/p-2/t16-,17+,18-,19-,21+,22-,23-,25-,26-,29-,30-,31-,32-,33-,37-,41-/m1/s1. The van der Waals surface area contributed by atoms with Gasteiger partial charge in [-0.05, 0) is 78.5 Å². The van der Waals surface area contributed by atoms with Crippen molar-refractivity contribution in [3.63, 3.8) is 0 Å². The number of ether oxygens (including phenoxy) is 3. The summed E-state index contributed by atoms with van der Waals surface area (Å²) >= 11 is 0. The number of carboxylic acid groups (broad SMARTS) is 3. The van der Waals surface area contributed by atoms with E-state index in [4.69, 9.17) is 34.7 Å². The first-order valence-corrected chi connectivity index (χ1v) is 27.3. The van der Waals surface area contributed by atoms with Crippen molar-refractivity contribution in [1.82, 2.24) is 30.8 Å². The zero-order valence-corrected chi connectivity index (χ0v) is 45.4. The zero-order valence-electron chi connectivity index (χ0n) is 43.6. The van der Waals surface area contributed by atoms with Crippen molar-refractivity contribution in [2.45, 2.75) is 164 Å². The maximum absolute atomic E-state index is 13.4. The third kappa shape index (κ3) is 21.4. The first kappa shape index (κ1) is 69.3. The molecule has 3 heterocycles. The summed E-state index contributed by atoms with van der Waals surface area (Å²) in [5.41, 5.74) is 3.63. The number of ketones is 1. The fourth-order valence-electron chi connectivity index (χ4n) is 7.39. The number of nitrogens with two attached hydrogens (primary N) is 1. The predicted molar refractivity (Wildman–Crippen MR) is 263 cm³/mol. The molecular formula is C42H65N9O28P2-2. The van der Waals surface area contributed by atoms with Gasteiger partial charge < -0.3 is 91.6 Å². The number of aromatic amines is 1. The highest BCUT2D eigenvalue weighted by atomic mass is 31.3. The van der Waals surface area contributed by atoms with E-state index in [1.165, 1.54) is 13.8 Å². The van der Waals surface area contributed by atoms with E-state index in [-0.39, 0.29) is 19.3 Å². The van der Waals surface area contributed by atoms with Crippen LogP contribution >= 0.6 is 15.6 Å². The summed E-state index contributed by atoms with van der Waals surface area (Å²) < 4.78 is 56.9. The minimum absolute atomic E-state index is 0.0699. The number of amides is 3. The van der Waals surface area contributed by atoms with Crippen LogP contribution in [-0.2, 0) is 70.3 Å². The normalized spacial score (nSPS) is 26.5. The van der Waals surface area contributed by atoms with E-state index < -0.39 is 210 Å². The lowest BCUT2D eigenvalue weighted by atomic mass is 9.97. The number of aliphatic hydroxyl groups excluding tert-OH is 4. The smallest absolute Gasteiger partial charge is 0.483 e. The first-order chi connectivity index (χ1) is 37.6. The van der Waals surface area contributed by atoms with Crippen LogP contribution in [0, 0.1) is 0 Å². The van der Waals surface area contributed by atoms with Crippen LogP contribution < -0.4 is 48.5 Å². The molecule has 0 aromatic carbocycles. The summed E-state index contributed by atoms with van der Waals surface area (Å²) in [5.74, 6) is -10.5. The number of aliphatic hydroxyl groups is 4. The van der Waals surface area contributed by atoms with Crippen LogP contribution in [0.25, 0.3) is 0 Å². The number of carbonyl (C=O) groups excluding carboxylic acids is 4. The second-order valence-electron chi connectivity index (χ2n) is 18.3. The van der Waals surface area contributed by atoms with Gasteiger partial charge in [-0.15, -0.1) is 0 Å². The molecule has 2 fully saturated rings. The molecule has 3 rings (SSSR count). The largest absolute Gasteiger partial charge is 0.862 e. The number of nitrogens with zero attached hydrogens (tertiary/aromatic N) is 3. The third-order valence-electron chi connectivity index (χ3n) is 11.9. The summed E-state index contributed by atoms with van der Waals surface area (Å²) in [4.78, 5) is 141. The summed E-state index contributed by atoms with van der Waals surface area (Å²) in [6, 6.07) is -9.94. The number of aliphatic carboxylic acids is 3. The van der Waals surface area contributed by atoms with E-state index in [1.54, 1.807) is 0 Å². The van der Waals surface area contributed by atoms with Crippen LogP contribution in [0.1, 0.15) is 73.0 Å². The van der Waals surface area contributed by atoms with E-state index in [1.807, 2.05) is 4.98 Å². The Labute approximate surface area is 457 Å². The minimum Gasteiger partial charge on any atom is -0.862 e. The van der Waals surface area contributed by atoms with Crippen LogP contribution in [0.5, 0.6) is 0 Å². The van der Waals surface area contributed by atoms with Gasteiger partial charge in [0, 0.05) is 12.3 Å². The Bertz CT molecular complexity index is 2670. The number of hydrogen-bond donors (Lipinski definition) is 15. The van der Waals surface area contributed by atoms with E-state index in [9.17, 15) is 97.8 Å². The number of phosphoric ester groups is 2. The van der Waals surface area contributed by atoms with Gasteiger partial charge in [0.1, 0.15) is 79.0 Å². The number of H-pyrrole nitrogens is 1. The Balaban J connectivity index is 1.69. The minimum atomic E-state index is -5.99. The number of phosphoric acid groups is 2. The molecule has 3 amide bonds. The topological polar surface area (TPSA) is 591 Å². The zero-order chi connectivity index (χ0) is 61.4. The summed E-state index contributed by atoms with van der Waals surface area (Å²) in [7, 11) is -11.8. The molecule has 0 spiro atoms. The van der Waals surface area contributed by atoms with Crippen LogP contribution in [-0.4, -0.2) is 219 Å². The average molecular weight is 1210 g/mol. The van der Waals surface area contributed by atoms with Crippen molar-refractivity contribution in [3.8, 4) is 0 Å². The lowest BCUT2D eigenvalue weighted by Gasteiger charge is -2.43. The fraction of sp³-hybridized carbons (Fsp3) is 0.690. The number of carbonyl (C=O) groups is 7. The van der Waals surface area contributed by atoms with Crippen LogP contribution in [0.3, 0.4) is 0 Å². The lowest BCUT2D eigenvalue weighted by Crippen LogP contribution is -2.61. The van der Waals surface area contributed by atoms with Gasteiger partial charge >= 0.3 is 39.2 Å². The quantitative estimate of drug-likeness (QED) is 0.0177. The van der Waals surface area contributed by atoms with Crippen LogP contribution in [0.2, 0.25) is 0 Å². The predicted octanol–water partition coefficient (Wildman–Crippen LogP) is -7.89. The average Bonchev–Trinajstić information content (AvgIpc) is 3.65. The highest BCUT2D eigenvalue weighted by molar-refractivity contribution is 7.61. The fourth-order valence-corrected chi connectivity index (χ4v) is 9.55. The number of Topliss-reactive ketones (excluding diaryl/α,β-unsaturated/α-hetero) is 1. The van der Waals surface area contributed by atoms with Crippen LogP contribution in [0.15, 0.2) is 31.8 Å². The summed E-state index contributed by atoms with van der Waals surface area (Å²) in [5, 5.41) is 104. The molecule has 0 saturated carbocycles. The Hall–Kier alpha value is -5.99. The molecule has 81 heavy (non-hydrogen) atoms. The molecule has 0 aliphatic carbocycles. The SMILES string of the molecule is CC([O-])=N[C@H]1[C@@H](OP(=O)(O)OP(=O)(O)OC[C@H]2O[C@@H](n3ccc(=O)[nH]c3=O)[C@H](O)[C@@H]2O)O[C@H](CO)[C@@H](O)[C@@H]1O[C@H](C)C(=O)N[C@@H](C)C(=O)N[C@H](CCC([O-])=N[C@H](CCC[C@H](N)C(=O)O)C(=O)N[C@H](C)C(=O)CN[C@H](C)C(=O)O)C(=O)O. The molecule has 18 atom stereocenters. The number of carboxylic acids is 3. The molecule has 1 aromatic rings. The van der Waals surface area contributed by atoms with E-state index in [2.05, 4.69) is 40.1 Å². The van der Waals surface area contributed by atoms with Gasteiger partial charge in [0.05, 0.1) is 25.8 Å². The lowest BCUT2D eigenvalue weighted by molar-refractivity contribution is -0.259. The number of nitrogens with one attached hydrogen (secondary N) is 5. The van der Waals surface area contributed by atoms with Crippen molar-refractivity contribution < 1.29 is 126 Å². The molecule has 37 nitrogen and oxygen atoms in total. The molecule has 0 bridgehead atoms. The Morgan fingerprint density at radius 3 is 2.05 bits per heavy atom. The molecule has 39 heteroatoms. The maximum Gasteiger partial charge on any atom is 0.483 e. The molecule has 2 aliphatic heterocycles. The highest BCUT2D eigenvalue weighted by Gasteiger charge is 2.52. The second kappa shape index (κ2) is 30.9. The van der Waals surface area contributed by atoms with Crippen molar-refractivity contribution in [1.29, 1.82) is 0 Å².